The Morgan fingerprint density at radius 1 is 1.45 bits per heavy atom. The molecule has 0 aromatic carbocycles. The van der Waals surface area contributed by atoms with Crippen LogP contribution < -0.4 is 10.6 Å². The first-order valence-corrected chi connectivity index (χ1v) is 7.15. The highest BCUT2D eigenvalue weighted by atomic mass is 16.2. The molecule has 110 valence electrons. The molecule has 2 rings (SSSR count). The number of hydrogen-bond acceptors (Lipinski definition) is 4. The zero-order chi connectivity index (χ0) is 14.6. The summed E-state index contributed by atoms with van der Waals surface area (Å²) in [6.45, 7) is 10.3. The molecule has 1 aliphatic rings. The molecule has 0 atom stereocenters. The number of carbonyl (C=O) groups excluding carboxylic acids is 1. The van der Waals surface area contributed by atoms with Gasteiger partial charge in [0.1, 0.15) is 0 Å². The van der Waals surface area contributed by atoms with Gasteiger partial charge in [-0.1, -0.05) is 0 Å². The highest BCUT2D eigenvalue weighted by Crippen LogP contribution is 2.15. The maximum atomic E-state index is 12.5. The summed E-state index contributed by atoms with van der Waals surface area (Å²) in [5, 5.41) is 6.35. The van der Waals surface area contributed by atoms with Crippen molar-refractivity contribution in [2.75, 3.05) is 26.2 Å². The van der Waals surface area contributed by atoms with E-state index in [0.717, 1.165) is 37.3 Å². The van der Waals surface area contributed by atoms with Crippen molar-refractivity contribution in [1.29, 1.82) is 0 Å². The fraction of sp³-hybridized carbons (Fsp3) is 0.600. The number of hydrogen-bond donors (Lipinski definition) is 2. The number of piperazine rings is 1. The number of amides is 1. The fourth-order valence-electron chi connectivity index (χ4n) is 2.44. The fourth-order valence-corrected chi connectivity index (χ4v) is 2.44. The highest BCUT2D eigenvalue weighted by Gasteiger charge is 2.34. The summed E-state index contributed by atoms with van der Waals surface area (Å²) in [5.41, 5.74) is 1.75. The third-order valence-electron chi connectivity index (χ3n) is 4.05. The van der Waals surface area contributed by atoms with Gasteiger partial charge in [0.05, 0.1) is 5.54 Å². The molecule has 1 aromatic rings. The average molecular weight is 276 g/mol. The lowest BCUT2D eigenvalue weighted by Crippen LogP contribution is -2.59. The zero-order valence-corrected chi connectivity index (χ0v) is 12.6. The molecule has 2 N–H and O–H groups in total. The maximum Gasteiger partial charge on any atom is 0.240 e. The van der Waals surface area contributed by atoms with E-state index in [4.69, 9.17) is 0 Å². The van der Waals surface area contributed by atoms with Crippen LogP contribution in [0.1, 0.15) is 25.0 Å². The van der Waals surface area contributed by atoms with Gasteiger partial charge in [-0.25, -0.2) is 0 Å². The summed E-state index contributed by atoms with van der Waals surface area (Å²) < 4.78 is 0. The van der Waals surface area contributed by atoms with Crippen LogP contribution in [0.15, 0.2) is 18.5 Å². The largest absolute Gasteiger partial charge is 0.350 e. The van der Waals surface area contributed by atoms with Gasteiger partial charge in [-0.2, -0.15) is 0 Å². The Labute approximate surface area is 120 Å². The minimum Gasteiger partial charge on any atom is -0.350 e. The number of nitrogens with one attached hydrogen (secondary N) is 2. The van der Waals surface area contributed by atoms with Crippen molar-refractivity contribution in [1.82, 2.24) is 20.5 Å². The van der Waals surface area contributed by atoms with E-state index in [1.54, 1.807) is 6.20 Å². The van der Waals surface area contributed by atoms with Gasteiger partial charge >= 0.3 is 0 Å². The van der Waals surface area contributed by atoms with Crippen molar-refractivity contribution in [3.8, 4) is 0 Å². The summed E-state index contributed by atoms with van der Waals surface area (Å²) in [5.74, 6) is 0.0719. The van der Waals surface area contributed by atoms with Gasteiger partial charge < -0.3 is 10.6 Å². The van der Waals surface area contributed by atoms with Crippen molar-refractivity contribution in [2.45, 2.75) is 32.9 Å². The number of aromatic nitrogens is 1. The second-order valence-corrected chi connectivity index (χ2v) is 5.78. The zero-order valence-electron chi connectivity index (χ0n) is 12.6. The molecule has 0 spiro atoms. The number of aryl methyl sites for hydroxylation is 1. The van der Waals surface area contributed by atoms with Crippen molar-refractivity contribution < 1.29 is 4.79 Å². The first kappa shape index (κ1) is 14.9. The number of nitrogens with zero attached hydrogens (tertiary/aromatic N) is 2. The molecular weight excluding hydrogens is 252 g/mol. The molecule has 5 nitrogen and oxygen atoms in total. The molecule has 0 radical (unpaired) electrons. The predicted molar refractivity (Wildman–Crippen MR) is 79.3 cm³/mol. The minimum atomic E-state index is -0.474. The van der Waals surface area contributed by atoms with Crippen LogP contribution in [-0.4, -0.2) is 47.5 Å². The van der Waals surface area contributed by atoms with Gasteiger partial charge in [0.2, 0.25) is 5.91 Å². The van der Waals surface area contributed by atoms with Crippen LogP contribution in [0.4, 0.5) is 0 Å². The van der Waals surface area contributed by atoms with Crippen molar-refractivity contribution >= 4 is 5.91 Å². The molecule has 0 saturated carbocycles. The number of rotatable bonds is 4. The van der Waals surface area contributed by atoms with Crippen LogP contribution in [0, 0.1) is 6.92 Å². The monoisotopic (exact) mass is 276 g/mol. The molecule has 1 aliphatic heterocycles. The third-order valence-corrected chi connectivity index (χ3v) is 4.05. The van der Waals surface area contributed by atoms with Crippen molar-refractivity contribution in [2.24, 2.45) is 0 Å². The van der Waals surface area contributed by atoms with Gasteiger partial charge in [0, 0.05) is 45.1 Å². The van der Waals surface area contributed by atoms with E-state index in [9.17, 15) is 4.79 Å². The van der Waals surface area contributed by atoms with Crippen molar-refractivity contribution in [3.05, 3.63) is 29.6 Å². The Morgan fingerprint density at radius 3 is 2.80 bits per heavy atom. The second kappa shape index (κ2) is 6.33. The van der Waals surface area contributed by atoms with Crippen LogP contribution in [0.2, 0.25) is 0 Å². The van der Waals surface area contributed by atoms with Gasteiger partial charge in [-0.05, 0) is 38.0 Å². The summed E-state index contributed by atoms with van der Waals surface area (Å²) >= 11 is 0. The molecule has 1 fully saturated rings. The molecule has 1 amide bonds. The van der Waals surface area contributed by atoms with Gasteiger partial charge in [0.25, 0.3) is 0 Å². The van der Waals surface area contributed by atoms with Crippen LogP contribution in [0.25, 0.3) is 0 Å². The average Bonchev–Trinajstić information content (AvgIpc) is 2.47. The lowest BCUT2D eigenvalue weighted by molar-refractivity contribution is -0.132. The smallest absolute Gasteiger partial charge is 0.240 e. The standard InChI is InChI=1S/C15H24N4O/c1-12-4-5-17-10-13(12)11-18-14(20)15(2,3)19-8-6-16-7-9-19/h4-5,10,16H,6-9,11H2,1-3H3,(H,18,20). The van der Waals surface area contributed by atoms with E-state index in [1.165, 1.54) is 0 Å². The quantitative estimate of drug-likeness (QED) is 0.849. The highest BCUT2D eigenvalue weighted by molar-refractivity contribution is 5.85. The SMILES string of the molecule is Cc1ccncc1CNC(=O)C(C)(C)N1CCNCC1. The molecule has 0 aliphatic carbocycles. The van der Waals surface area contributed by atoms with Crippen LogP contribution in [0.5, 0.6) is 0 Å². The van der Waals surface area contributed by atoms with E-state index >= 15 is 0 Å². The summed E-state index contributed by atoms with van der Waals surface area (Å²) in [4.78, 5) is 18.8. The van der Waals surface area contributed by atoms with Crippen LogP contribution in [0.3, 0.4) is 0 Å². The third kappa shape index (κ3) is 3.35. The summed E-state index contributed by atoms with van der Waals surface area (Å²) in [7, 11) is 0. The van der Waals surface area contributed by atoms with Gasteiger partial charge in [0.15, 0.2) is 0 Å². The molecule has 5 heteroatoms. The number of pyridine rings is 1. The van der Waals surface area contributed by atoms with E-state index in [2.05, 4.69) is 20.5 Å². The normalized spacial score (nSPS) is 16.9. The topological polar surface area (TPSA) is 57.3 Å². The lowest BCUT2D eigenvalue weighted by Gasteiger charge is -2.39. The Bertz CT molecular complexity index is 467. The van der Waals surface area contributed by atoms with E-state index in [0.29, 0.717) is 6.54 Å². The Kier molecular flexibility index (Phi) is 4.73. The molecule has 1 saturated heterocycles. The molecule has 20 heavy (non-hydrogen) atoms. The molecule has 2 heterocycles. The summed E-state index contributed by atoms with van der Waals surface area (Å²) in [6, 6.07) is 1.96. The first-order chi connectivity index (χ1) is 9.51. The predicted octanol–water partition coefficient (Wildman–Crippen LogP) is 0.690. The van der Waals surface area contributed by atoms with E-state index < -0.39 is 5.54 Å². The first-order valence-electron chi connectivity index (χ1n) is 7.15. The molecule has 0 bridgehead atoms. The van der Waals surface area contributed by atoms with Crippen LogP contribution >= 0.6 is 0 Å². The maximum absolute atomic E-state index is 12.5. The minimum absolute atomic E-state index is 0.0719. The number of carbonyl (C=O) groups is 1. The van der Waals surface area contributed by atoms with Crippen molar-refractivity contribution in [3.63, 3.8) is 0 Å². The lowest BCUT2D eigenvalue weighted by atomic mass is 10.00. The van der Waals surface area contributed by atoms with E-state index in [-0.39, 0.29) is 5.91 Å². The second-order valence-electron chi connectivity index (χ2n) is 5.78. The Hall–Kier alpha value is -1.46. The van der Waals surface area contributed by atoms with Gasteiger partial charge in [-0.3, -0.25) is 14.7 Å². The molecular formula is C15H24N4O. The summed E-state index contributed by atoms with van der Waals surface area (Å²) in [6.07, 6.45) is 3.58. The molecule has 0 unspecified atom stereocenters. The van der Waals surface area contributed by atoms with E-state index in [1.807, 2.05) is 33.0 Å². The van der Waals surface area contributed by atoms with Crippen LogP contribution in [-0.2, 0) is 11.3 Å². The Balaban J connectivity index is 1.95. The molecule has 1 aromatic heterocycles. The Morgan fingerprint density at radius 2 is 2.15 bits per heavy atom. The van der Waals surface area contributed by atoms with Gasteiger partial charge in [-0.15, -0.1) is 0 Å².